The van der Waals surface area contributed by atoms with Crippen LogP contribution in [0.3, 0.4) is 0 Å². The lowest BCUT2D eigenvalue weighted by atomic mass is 9.98. The first-order valence-corrected chi connectivity index (χ1v) is 4.32. The van der Waals surface area contributed by atoms with Crippen molar-refractivity contribution in [3.05, 3.63) is 0 Å². The molecule has 3 atom stereocenters. The van der Waals surface area contributed by atoms with Crippen molar-refractivity contribution in [2.24, 2.45) is 17.3 Å². The normalized spacial score (nSPS) is 43.4. The second-order valence-electron chi connectivity index (χ2n) is 3.69. The van der Waals surface area contributed by atoms with E-state index in [-0.39, 0.29) is 5.97 Å². The van der Waals surface area contributed by atoms with Gasteiger partial charge in [0.1, 0.15) is 11.7 Å². The molecular formula is C9H12O3. The topological polar surface area (TPSA) is 43.4 Å². The quantitative estimate of drug-likeness (QED) is 0.347. The van der Waals surface area contributed by atoms with E-state index in [1.165, 1.54) is 7.11 Å². The molecule has 2 aliphatic rings. The highest BCUT2D eigenvalue weighted by Crippen LogP contribution is 2.66. The summed E-state index contributed by atoms with van der Waals surface area (Å²) in [5.41, 5.74) is -0.729. The number of hydrogen-bond acceptors (Lipinski definition) is 3. The summed E-state index contributed by atoms with van der Waals surface area (Å²) >= 11 is 0. The number of aldehydes is 1. The van der Waals surface area contributed by atoms with E-state index in [1.54, 1.807) is 0 Å². The van der Waals surface area contributed by atoms with Crippen molar-refractivity contribution >= 4 is 12.3 Å². The Labute approximate surface area is 71.1 Å². The van der Waals surface area contributed by atoms with Gasteiger partial charge in [-0.3, -0.25) is 4.79 Å². The highest BCUT2D eigenvalue weighted by Gasteiger charge is 2.71. The van der Waals surface area contributed by atoms with Crippen molar-refractivity contribution in [3.63, 3.8) is 0 Å². The Kier molecular flexibility index (Phi) is 1.50. The number of methoxy groups -OCH3 is 1. The molecule has 1 unspecified atom stereocenters. The van der Waals surface area contributed by atoms with Gasteiger partial charge in [-0.2, -0.15) is 0 Å². The number of carbonyl (C=O) groups excluding carboxylic acids is 2. The van der Waals surface area contributed by atoms with Crippen LogP contribution in [-0.2, 0) is 14.3 Å². The molecule has 0 radical (unpaired) electrons. The zero-order valence-electron chi connectivity index (χ0n) is 7.08. The number of hydrogen-bond donors (Lipinski definition) is 0. The number of ether oxygens (including phenoxy) is 1. The zero-order valence-corrected chi connectivity index (χ0v) is 7.08. The van der Waals surface area contributed by atoms with Crippen LogP contribution in [0, 0.1) is 17.3 Å². The molecule has 3 nitrogen and oxygen atoms in total. The monoisotopic (exact) mass is 168 g/mol. The van der Waals surface area contributed by atoms with E-state index in [2.05, 4.69) is 4.74 Å². The maximum absolute atomic E-state index is 11.3. The van der Waals surface area contributed by atoms with Crippen LogP contribution in [-0.4, -0.2) is 19.4 Å². The van der Waals surface area contributed by atoms with E-state index < -0.39 is 5.41 Å². The summed E-state index contributed by atoms with van der Waals surface area (Å²) < 4.78 is 4.63. The first-order chi connectivity index (χ1) is 5.77. The predicted molar refractivity (Wildman–Crippen MR) is 41.3 cm³/mol. The third kappa shape index (κ3) is 0.667. The Morgan fingerprint density at radius 1 is 1.50 bits per heavy atom. The molecule has 12 heavy (non-hydrogen) atoms. The first kappa shape index (κ1) is 7.77. The van der Waals surface area contributed by atoms with Gasteiger partial charge in [-0.1, -0.05) is 6.42 Å². The van der Waals surface area contributed by atoms with Crippen LogP contribution in [0.15, 0.2) is 0 Å². The van der Waals surface area contributed by atoms with Crippen molar-refractivity contribution < 1.29 is 14.3 Å². The van der Waals surface area contributed by atoms with Crippen LogP contribution in [0.25, 0.3) is 0 Å². The maximum Gasteiger partial charge on any atom is 0.319 e. The standard InChI is InChI=1S/C9H12O3/c1-12-8(11)9(5-10)6-3-2-4-7(6)9/h5-7H,2-4H2,1H3/t6-,7+,9?. The van der Waals surface area contributed by atoms with Gasteiger partial charge in [0.25, 0.3) is 0 Å². The molecule has 0 aromatic rings. The summed E-state index contributed by atoms with van der Waals surface area (Å²) in [6.45, 7) is 0. The molecular weight excluding hydrogens is 156 g/mol. The Balaban J connectivity index is 2.19. The Morgan fingerprint density at radius 2 is 2.08 bits per heavy atom. The molecule has 3 heteroatoms. The summed E-state index contributed by atoms with van der Waals surface area (Å²) in [7, 11) is 1.35. The van der Waals surface area contributed by atoms with Crippen molar-refractivity contribution in [2.75, 3.05) is 7.11 Å². The van der Waals surface area contributed by atoms with Crippen LogP contribution >= 0.6 is 0 Å². The van der Waals surface area contributed by atoms with Gasteiger partial charge in [0.2, 0.25) is 0 Å². The number of esters is 1. The van der Waals surface area contributed by atoms with Crippen LogP contribution in [0.1, 0.15) is 19.3 Å². The summed E-state index contributed by atoms with van der Waals surface area (Å²) in [4.78, 5) is 22.1. The third-order valence-electron chi connectivity index (χ3n) is 3.37. The average molecular weight is 168 g/mol. The van der Waals surface area contributed by atoms with E-state index in [0.717, 1.165) is 25.5 Å². The fourth-order valence-electron chi connectivity index (χ4n) is 2.70. The zero-order chi connectivity index (χ0) is 8.77. The molecule has 2 fully saturated rings. The number of carbonyl (C=O) groups is 2. The van der Waals surface area contributed by atoms with Gasteiger partial charge in [-0.15, -0.1) is 0 Å². The lowest BCUT2D eigenvalue weighted by Gasteiger charge is -2.09. The van der Waals surface area contributed by atoms with E-state index in [0.29, 0.717) is 11.8 Å². The minimum absolute atomic E-state index is 0.294. The van der Waals surface area contributed by atoms with Gasteiger partial charge >= 0.3 is 5.97 Å². The SMILES string of the molecule is COC(=O)C1(C=O)[C@@H]2CCC[C@@H]21. The predicted octanol–water partition coefficient (Wildman–Crippen LogP) is 0.775. The van der Waals surface area contributed by atoms with Crippen molar-refractivity contribution in [1.82, 2.24) is 0 Å². The lowest BCUT2D eigenvalue weighted by Crippen LogP contribution is -2.24. The molecule has 2 aliphatic carbocycles. The average Bonchev–Trinajstić information content (AvgIpc) is 2.48. The van der Waals surface area contributed by atoms with Crippen molar-refractivity contribution in [1.29, 1.82) is 0 Å². The highest BCUT2D eigenvalue weighted by molar-refractivity contribution is 5.98. The molecule has 0 saturated heterocycles. The van der Waals surface area contributed by atoms with Crippen LogP contribution in [0.4, 0.5) is 0 Å². The van der Waals surface area contributed by atoms with Gasteiger partial charge in [0, 0.05) is 0 Å². The van der Waals surface area contributed by atoms with E-state index in [4.69, 9.17) is 0 Å². The van der Waals surface area contributed by atoms with Gasteiger partial charge in [0.05, 0.1) is 7.11 Å². The van der Waals surface area contributed by atoms with Gasteiger partial charge < -0.3 is 9.53 Å². The minimum atomic E-state index is -0.729. The third-order valence-corrected chi connectivity index (χ3v) is 3.37. The Hall–Kier alpha value is -0.860. The van der Waals surface area contributed by atoms with Crippen molar-refractivity contribution in [3.8, 4) is 0 Å². The first-order valence-electron chi connectivity index (χ1n) is 4.32. The van der Waals surface area contributed by atoms with E-state index in [9.17, 15) is 9.59 Å². The summed E-state index contributed by atoms with van der Waals surface area (Å²) in [5, 5.41) is 0. The lowest BCUT2D eigenvalue weighted by molar-refractivity contribution is -0.150. The van der Waals surface area contributed by atoms with Crippen molar-refractivity contribution in [2.45, 2.75) is 19.3 Å². The van der Waals surface area contributed by atoms with Crippen LogP contribution in [0.5, 0.6) is 0 Å². The smallest absolute Gasteiger partial charge is 0.319 e. The van der Waals surface area contributed by atoms with Gasteiger partial charge in [-0.05, 0) is 24.7 Å². The van der Waals surface area contributed by atoms with Gasteiger partial charge in [0.15, 0.2) is 0 Å². The largest absolute Gasteiger partial charge is 0.468 e. The maximum atomic E-state index is 11.3. The molecule has 0 spiro atoms. The summed E-state index contributed by atoms with van der Waals surface area (Å²) in [6, 6.07) is 0. The molecule has 2 rings (SSSR count). The molecule has 0 aromatic carbocycles. The van der Waals surface area contributed by atoms with E-state index in [1.807, 2.05) is 0 Å². The van der Waals surface area contributed by atoms with Crippen LogP contribution < -0.4 is 0 Å². The Bertz CT molecular complexity index is 224. The molecule has 0 amide bonds. The summed E-state index contributed by atoms with van der Waals surface area (Å²) in [5.74, 6) is 0.261. The highest BCUT2D eigenvalue weighted by atomic mass is 16.5. The Morgan fingerprint density at radius 3 is 2.50 bits per heavy atom. The number of fused-ring (bicyclic) bond motifs is 1. The molecule has 0 bridgehead atoms. The molecule has 0 N–H and O–H groups in total. The second kappa shape index (κ2) is 2.31. The minimum Gasteiger partial charge on any atom is -0.468 e. The molecule has 0 aliphatic heterocycles. The van der Waals surface area contributed by atoms with E-state index >= 15 is 0 Å². The second-order valence-corrected chi connectivity index (χ2v) is 3.69. The summed E-state index contributed by atoms with van der Waals surface area (Å²) in [6.07, 6.45) is 3.98. The molecule has 66 valence electrons. The molecule has 0 heterocycles. The molecule has 2 saturated carbocycles. The fraction of sp³-hybridized carbons (Fsp3) is 0.778. The van der Waals surface area contributed by atoms with Gasteiger partial charge in [-0.25, -0.2) is 0 Å². The number of rotatable bonds is 2. The fourth-order valence-corrected chi connectivity index (χ4v) is 2.70. The molecule has 0 aromatic heterocycles. The van der Waals surface area contributed by atoms with Crippen LogP contribution in [0.2, 0.25) is 0 Å².